The van der Waals surface area contributed by atoms with Gasteiger partial charge in [0.1, 0.15) is 0 Å². The van der Waals surface area contributed by atoms with Crippen LogP contribution in [0.1, 0.15) is 19.8 Å². The number of carbonyl (C=O) groups excluding carboxylic acids is 1. The van der Waals surface area contributed by atoms with Crippen LogP contribution in [0.15, 0.2) is 0 Å². The van der Waals surface area contributed by atoms with Gasteiger partial charge in [-0.1, -0.05) is 0 Å². The number of ether oxygens (including phenoxy) is 1. The summed E-state index contributed by atoms with van der Waals surface area (Å²) in [6.07, 6.45) is 1.53. The van der Waals surface area contributed by atoms with E-state index < -0.39 is 10.0 Å². The van der Waals surface area contributed by atoms with Crippen LogP contribution >= 0.6 is 0 Å². The maximum absolute atomic E-state index is 11.8. The Bertz CT molecular complexity index is 413. The van der Waals surface area contributed by atoms with Gasteiger partial charge in [-0.15, -0.1) is 0 Å². The van der Waals surface area contributed by atoms with Gasteiger partial charge in [-0.05, 0) is 19.8 Å². The van der Waals surface area contributed by atoms with Crippen LogP contribution in [0, 0.1) is 5.92 Å². The number of sulfonamides is 1. The molecule has 0 radical (unpaired) electrons. The molecule has 1 heterocycles. The Morgan fingerprint density at radius 3 is 2.56 bits per heavy atom. The predicted molar refractivity (Wildman–Crippen MR) is 66.5 cm³/mol. The summed E-state index contributed by atoms with van der Waals surface area (Å²) in [6, 6.07) is -0.0448. The zero-order chi connectivity index (χ0) is 13.3. The zero-order valence-electron chi connectivity index (χ0n) is 10.8. The lowest BCUT2D eigenvalue weighted by atomic mass is 10.0. The number of carbonyl (C=O) groups is 1. The van der Waals surface area contributed by atoms with Crippen LogP contribution in [0.2, 0.25) is 0 Å². The van der Waals surface area contributed by atoms with Crippen LogP contribution in [-0.2, 0) is 19.6 Å². The van der Waals surface area contributed by atoms with E-state index in [0.29, 0.717) is 19.7 Å². The monoisotopic (exact) mass is 276 g/mol. The lowest BCUT2D eigenvalue weighted by molar-refractivity contribution is -0.129. The van der Waals surface area contributed by atoms with E-state index >= 15 is 0 Å². The fourth-order valence-corrected chi connectivity index (χ4v) is 3.97. The van der Waals surface area contributed by atoms with Gasteiger partial charge >= 0.3 is 0 Å². The van der Waals surface area contributed by atoms with Gasteiger partial charge in [0, 0.05) is 26.2 Å². The van der Waals surface area contributed by atoms with E-state index in [1.807, 2.05) is 6.92 Å². The quantitative estimate of drug-likeness (QED) is 0.714. The van der Waals surface area contributed by atoms with E-state index in [0.717, 1.165) is 12.8 Å². The summed E-state index contributed by atoms with van der Waals surface area (Å²) in [5, 5.41) is 2.63. The number of nitrogens with one attached hydrogen (secondary N) is 1. The van der Waals surface area contributed by atoms with Gasteiger partial charge in [0.25, 0.3) is 0 Å². The van der Waals surface area contributed by atoms with E-state index in [1.54, 1.807) is 7.11 Å². The third kappa shape index (κ3) is 2.84. The molecule has 1 N–H and O–H groups in total. The Morgan fingerprint density at radius 1 is 1.44 bits per heavy atom. The lowest BCUT2D eigenvalue weighted by Crippen LogP contribution is -2.57. The maximum Gasteiger partial charge on any atom is 0.226 e. The molecule has 1 atom stereocenters. The van der Waals surface area contributed by atoms with Crippen molar-refractivity contribution >= 4 is 15.9 Å². The first-order valence-corrected chi connectivity index (χ1v) is 7.73. The Kier molecular flexibility index (Phi) is 3.93. The van der Waals surface area contributed by atoms with Crippen LogP contribution < -0.4 is 5.32 Å². The van der Waals surface area contributed by atoms with E-state index in [1.165, 1.54) is 4.31 Å². The fraction of sp³-hybridized carbons (Fsp3) is 0.909. The third-order valence-electron chi connectivity index (χ3n) is 3.33. The molecular weight excluding hydrogens is 256 g/mol. The van der Waals surface area contributed by atoms with E-state index in [9.17, 15) is 13.2 Å². The van der Waals surface area contributed by atoms with Crippen molar-refractivity contribution in [1.29, 1.82) is 0 Å². The first-order valence-electron chi connectivity index (χ1n) is 6.23. The zero-order valence-corrected chi connectivity index (χ0v) is 11.6. The van der Waals surface area contributed by atoms with Gasteiger partial charge in [-0.3, -0.25) is 4.79 Å². The molecular formula is C11H20N2O4S. The average molecular weight is 276 g/mol. The van der Waals surface area contributed by atoms with Crippen molar-refractivity contribution in [2.45, 2.75) is 31.1 Å². The first kappa shape index (κ1) is 13.8. The molecule has 0 spiro atoms. The van der Waals surface area contributed by atoms with Crippen LogP contribution in [0.25, 0.3) is 0 Å². The summed E-state index contributed by atoms with van der Waals surface area (Å²) < 4.78 is 30.0. The third-order valence-corrected chi connectivity index (χ3v) is 5.66. The van der Waals surface area contributed by atoms with Gasteiger partial charge < -0.3 is 10.1 Å². The second kappa shape index (κ2) is 5.14. The number of amides is 1. The molecule has 0 bridgehead atoms. The standard InChI is InChI=1S/C11H20N2O4S/c1-8(7-17-2)12-11(14)9-5-13(6-9)18(15,16)10-3-4-10/h8-10H,3-7H2,1-2H3,(H,12,14). The number of nitrogens with zero attached hydrogens (tertiary/aromatic N) is 1. The first-order chi connectivity index (χ1) is 8.45. The van der Waals surface area contributed by atoms with Gasteiger partial charge in [-0.25, -0.2) is 8.42 Å². The molecule has 1 aliphatic carbocycles. The number of hydrogen-bond acceptors (Lipinski definition) is 4. The van der Waals surface area contributed by atoms with Gasteiger partial charge in [-0.2, -0.15) is 4.31 Å². The summed E-state index contributed by atoms with van der Waals surface area (Å²) in [4.78, 5) is 11.8. The van der Waals surface area contributed by atoms with Gasteiger partial charge in [0.2, 0.25) is 15.9 Å². The molecule has 1 aliphatic heterocycles. The normalized spacial score (nSPS) is 23.4. The van der Waals surface area contributed by atoms with E-state index in [-0.39, 0.29) is 23.1 Å². The van der Waals surface area contributed by atoms with Crippen molar-refractivity contribution in [2.75, 3.05) is 26.8 Å². The fourth-order valence-electron chi connectivity index (χ4n) is 2.04. The lowest BCUT2D eigenvalue weighted by Gasteiger charge is -2.37. The summed E-state index contributed by atoms with van der Waals surface area (Å²) >= 11 is 0. The Labute approximate surface area is 108 Å². The number of methoxy groups -OCH3 is 1. The Morgan fingerprint density at radius 2 is 2.06 bits per heavy atom. The van der Waals surface area contributed by atoms with Crippen LogP contribution in [0.3, 0.4) is 0 Å². The predicted octanol–water partition coefficient (Wildman–Crippen LogP) is -0.438. The highest BCUT2D eigenvalue weighted by Crippen LogP contribution is 2.34. The molecule has 2 fully saturated rings. The topological polar surface area (TPSA) is 75.7 Å². The second-order valence-electron chi connectivity index (χ2n) is 5.12. The van der Waals surface area contributed by atoms with Crippen molar-refractivity contribution in [3.8, 4) is 0 Å². The van der Waals surface area contributed by atoms with Crippen LogP contribution in [0.4, 0.5) is 0 Å². The number of hydrogen-bond donors (Lipinski definition) is 1. The highest BCUT2D eigenvalue weighted by Gasteiger charge is 2.46. The van der Waals surface area contributed by atoms with Crippen molar-refractivity contribution in [1.82, 2.24) is 9.62 Å². The van der Waals surface area contributed by atoms with Crippen LogP contribution in [0.5, 0.6) is 0 Å². The highest BCUT2D eigenvalue weighted by molar-refractivity contribution is 7.90. The molecule has 1 unspecified atom stereocenters. The smallest absolute Gasteiger partial charge is 0.226 e. The molecule has 2 rings (SSSR count). The summed E-state index contributed by atoms with van der Waals surface area (Å²) in [6.45, 7) is 2.97. The van der Waals surface area contributed by atoms with Gasteiger partial charge in [0.05, 0.1) is 17.8 Å². The van der Waals surface area contributed by atoms with Crippen molar-refractivity contribution in [3.05, 3.63) is 0 Å². The van der Waals surface area contributed by atoms with Crippen molar-refractivity contribution in [2.24, 2.45) is 5.92 Å². The van der Waals surface area contributed by atoms with Crippen molar-refractivity contribution < 1.29 is 17.9 Å². The molecule has 6 nitrogen and oxygen atoms in total. The Balaban J connectivity index is 1.76. The average Bonchev–Trinajstić information content (AvgIpc) is 2.96. The molecule has 104 valence electrons. The molecule has 2 aliphatic rings. The molecule has 1 amide bonds. The molecule has 0 aromatic carbocycles. The maximum atomic E-state index is 11.8. The minimum absolute atomic E-state index is 0.0448. The molecule has 7 heteroatoms. The van der Waals surface area contributed by atoms with E-state index in [2.05, 4.69) is 5.32 Å². The highest BCUT2D eigenvalue weighted by atomic mass is 32.2. The largest absolute Gasteiger partial charge is 0.383 e. The van der Waals surface area contributed by atoms with Crippen LogP contribution in [-0.4, -0.2) is 56.7 Å². The minimum atomic E-state index is -3.11. The summed E-state index contributed by atoms with van der Waals surface area (Å²) in [5.74, 6) is -0.292. The van der Waals surface area contributed by atoms with Gasteiger partial charge in [0.15, 0.2) is 0 Å². The van der Waals surface area contributed by atoms with E-state index in [4.69, 9.17) is 4.74 Å². The molecule has 1 saturated carbocycles. The SMILES string of the molecule is COCC(C)NC(=O)C1CN(S(=O)(=O)C2CC2)C1. The summed E-state index contributed by atoms with van der Waals surface area (Å²) in [7, 11) is -1.53. The summed E-state index contributed by atoms with van der Waals surface area (Å²) in [5.41, 5.74) is 0. The minimum Gasteiger partial charge on any atom is -0.383 e. The number of rotatable bonds is 6. The van der Waals surface area contributed by atoms with Crippen molar-refractivity contribution in [3.63, 3.8) is 0 Å². The Hall–Kier alpha value is -0.660. The molecule has 1 saturated heterocycles. The molecule has 0 aromatic heterocycles. The molecule has 0 aromatic rings. The second-order valence-corrected chi connectivity index (χ2v) is 7.34. The molecule has 18 heavy (non-hydrogen) atoms.